The Morgan fingerprint density at radius 3 is 1.48 bits per heavy atom. The third-order valence-corrected chi connectivity index (χ3v) is 16.5. The predicted octanol–water partition coefficient (Wildman–Crippen LogP) is 18.7. The number of quaternary nitrogens is 1. The summed E-state index contributed by atoms with van der Waals surface area (Å²) in [7, 11) is 0. The lowest BCUT2D eigenvalue weighted by atomic mass is 9.84. The monoisotopic (exact) mass is 948 g/mol. The first-order chi connectivity index (χ1) is 34.9. The smallest absolute Gasteiger partial charge is 0.196 e. The Hall–Kier alpha value is -7.66. The first-order valence-electron chi connectivity index (χ1n) is 26.4. The third-order valence-electron chi connectivity index (χ3n) is 16.5. The molecule has 14 aromatic rings. The first-order valence-corrected chi connectivity index (χ1v) is 26.4. The zero-order chi connectivity index (χ0) is 50.2. The molecule has 9 aromatic carbocycles. The fourth-order valence-electron chi connectivity index (χ4n) is 12.4. The molecule has 14 rings (SSSR count). The van der Waals surface area contributed by atoms with Crippen molar-refractivity contribution in [2.75, 3.05) is 0 Å². The molecule has 1 unspecified atom stereocenters. The van der Waals surface area contributed by atoms with E-state index in [1.807, 2.05) is 0 Å². The summed E-state index contributed by atoms with van der Waals surface area (Å²) in [4.78, 5) is 1.16. The summed E-state index contributed by atoms with van der Waals surface area (Å²) < 4.78 is 12.4. The van der Waals surface area contributed by atoms with Gasteiger partial charge in [-0.2, -0.15) is 0 Å². The summed E-state index contributed by atoms with van der Waals surface area (Å²) >= 11 is 0. The SMILES string of the molecule is CC(C)c1ccc([NH+](c2ccc3c4cc(C(C)(C)C)cc5c6cc7c(cc6n(c3c2)c45)c2cc(C(C)(C)C)cc3c4cc(C(C)(C)C)ccc4n7c32)c2cccc3c2oc2c(-c4ccccc4)cccc23)cc1. The van der Waals surface area contributed by atoms with E-state index >= 15 is 0 Å². The Kier molecular flexibility index (Phi) is 9.03. The number of nitrogens with zero attached hydrogens (tertiary/aromatic N) is 2. The lowest BCUT2D eigenvalue weighted by Gasteiger charge is -2.20. The maximum atomic E-state index is 7.17. The molecule has 0 saturated heterocycles. The normalized spacial score (nSPS) is 13.8. The van der Waals surface area contributed by atoms with Gasteiger partial charge in [-0.05, 0) is 105 Å². The molecule has 0 spiro atoms. The van der Waals surface area contributed by atoms with Crippen molar-refractivity contribution >= 4 is 115 Å². The number of aromatic nitrogens is 2. The highest BCUT2D eigenvalue weighted by molar-refractivity contribution is 6.29. The van der Waals surface area contributed by atoms with Gasteiger partial charge in [0.2, 0.25) is 0 Å². The van der Waals surface area contributed by atoms with Gasteiger partial charge in [-0.15, -0.1) is 0 Å². The molecule has 0 fully saturated rings. The van der Waals surface area contributed by atoms with E-state index in [-0.39, 0.29) is 16.2 Å². The van der Waals surface area contributed by atoms with Gasteiger partial charge >= 0.3 is 0 Å². The Balaban J connectivity index is 1.08. The second-order valence-corrected chi connectivity index (χ2v) is 24.6. The van der Waals surface area contributed by atoms with E-state index in [1.165, 1.54) is 98.4 Å². The van der Waals surface area contributed by atoms with Gasteiger partial charge in [-0.25, -0.2) is 4.90 Å². The molecule has 73 heavy (non-hydrogen) atoms. The van der Waals surface area contributed by atoms with Crippen LogP contribution >= 0.6 is 0 Å². The summed E-state index contributed by atoms with van der Waals surface area (Å²) in [6.45, 7) is 25.6. The number of rotatable bonds is 5. The molecule has 5 heterocycles. The molecule has 0 aliphatic heterocycles. The van der Waals surface area contributed by atoms with Gasteiger partial charge in [0.25, 0.3) is 0 Å². The molecular weight excluding hydrogens is 887 g/mol. The van der Waals surface area contributed by atoms with Crippen molar-refractivity contribution in [3.63, 3.8) is 0 Å². The number of hydrogen-bond acceptors (Lipinski definition) is 1. The zero-order valence-corrected chi connectivity index (χ0v) is 44.0. The topological polar surface area (TPSA) is 26.4 Å². The van der Waals surface area contributed by atoms with Crippen molar-refractivity contribution in [1.29, 1.82) is 0 Å². The molecule has 0 amide bonds. The van der Waals surface area contributed by atoms with E-state index < -0.39 is 0 Å². The molecule has 0 radical (unpaired) electrons. The minimum Gasteiger partial charge on any atom is -0.449 e. The van der Waals surface area contributed by atoms with Gasteiger partial charge < -0.3 is 13.2 Å². The zero-order valence-electron chi connectivity index (χ0n) is 44.0. The quantitative estimate of drug-likeness (QED) is 0.183. The van der Waals surface area contributed by atoms with Crippen LogP contribution in [0.25, 0.3) is 109 Å². The van der Waals surface area contributed by atoms with Crippen molar-refractivity contribution in [3.05, 3.63) is 186 Å². The molecule has 5 aromatic heterocycles. The van der Waals surface area contributed by atoms with Gasteiger partial charge in [-0.3, -0.25) is 0 Å². The van der Waals surface area contributed by atoms with E-state index in [9.17, 15) is 0 Å². The molecule has 4 nitrogen and oxygen atoms in total. The highest BCUT2D eigenvalue weighted by Crippen LogP contribution is 2.48. The van der Waals surface area contributed by atoms with E-state index in [2.05, 4.69) is 249 Å². The van der Waals surface area contributed by atoms with Crippen LogP contribution in [0.15, 0.2) is 168 Å². The second-order valence-electron chi connectivity index (χ2n) is 24.6. The van der Waals surface area contributed by atoms with Crippen molar-refractivity contribution < 1.29 is 9.32 Å². The van der Waals surface area contributed by atoms with Crippen LogP contribution in [0.1, 0.15) is 104 Å². The molecular formula is C69H62N3O+. The highest BCUT2D eigenvalue weighted by Gasteiger charge is 2.30. The Bertz CT molecular complexity index is 4560. The summed E-state index contributed by atoms with van der Waals surface area (Å²) in [6, 6.07) is 62.6. The Morgan fingerprint density at radius 2 is 0.890 bits per heavy atom. The van der Waals surface area contributed by atoms with Gasteiger partial charge in [0, 0.05) is 89.8 Å². The van der Waals surface area contributed by atoms with Gasteiger partial charge in [-0.1, -0.05) is 155 Å². The van der Waals surface area contributed by atoms with Crippen LogP contribution < -0.4 is 4.90 Å². The fourth-order valence-corrected chi connectivity index (χ4v) is 12.4. The summed E-state index contributed by atoms with van der Waals surface area (Å²) in [5.74, 6) is 0.422. The van der Waals surface area contributed by atoms with Crippen molar-refractivity contribution in [2.45, 2.75) is 98.3 Å². The molecule has 358 valence electrons. The number of para-hydroxylation sites is 2. The molecule has 1 atom stereocenters. The molecule has 1 N–H and O–H groups in total. The lowest BCUT2D eigenvalue weighted by molar-refractivity contribution is -0.680. The van der Waals surface area contributed by atoms with E-state index in [4.69, 9.17) is 4.42 Å². The highest BCUT2D eigenvalue weighted by atomic mass is 16.3. The molecule has 0 aliphatic rings. The largest absolute Gasteiger partial charge is 0.449 e. The number of furan rings is 1. The van der Waals surface area contributed by atoms with Crippen LogP contribution in [0, 0.1) is 0 Å². The number of benzene rings is 9. The van der Waals surface area contributed by atoms with Crippen LogP contribution in [0.4, 0.5) is 17.1 Å². The Labute approximate surface area is 426 Å². The average Bonchev–Trinajstić information content (AvgIpc) is 4.18. The predicted molar refractivity (Wildman–Crippen MR) is 311 cm³/mol. The van der Waals surface area contributed by atoms with E-state index in [0.29, 0.717) is 5.92 Å². The maximum Gasteiger partial charge on any atom is 0.196 e. The second kappa shape index (κ2) is 15.0. The van der Waals surface area contributed by atoms with Crippen molar-refractivity contribution in [3.8, 4) is 11.1 Å². The van der Waals surface area contributed by atoms with Crippen LogP contribution in [0.5, 0.6) is 0 Å². The van der Waals surface area contributed by atoms with Crippen LogP contribution in [-0.4, -0.2) is 8.80 Å². The van der Waals surface area contributed by atoms with Gasteiger partial charge in [0.05, 0.1) is 33.1 Å². The Morgan fingerprint density at radius 1 is 0.384 bits per heavy atom. The summed E-state index contributed by atoms with van der Waals surface area (Å²) in [6.07, 6.45) is 0. The third kappa shape index (κ3) is 6.36. The molecule has 4 heteroatoms. The number of hydrogen-bond donors (Lipinski definition) is 1. The minimum absolute atomic E-state index is 0.0286. The fraction of sp³-hybridized carbons (Fsp3) is 0.217. The minimum atomic E-state index is -0.0551. The van der Waals surface area contributed by atoms with E-state index in [1.54, 1.807) is 0 Å². The van der Waals surface area contributed by atoms with Gasteiger partial charge in [0.1, 0.15) is 17.0 Å². The number of nitrogens with one attached hydrogen (secondary N) is 1. The average molecular weight is 949 g/mol. The standard InChI is InChI=1S/C69H61N3O/c1-39(2)40-23-26-45(27-24-40)70(59-22-16-21-50-49-20-15-19-47(65(49)73-66(50)59)41-17-13-12-14-18-41)46-28-29-48-54-32-43(68(6,7)8)34-56-53-37-61-52(38-62(53)72(63(54)56)60(48)36-46)57-35-44(69(9,10)11)33-55-51-31-42(67(3,4)5)25-30-58(51)71(61)64(55)57/h12-39H,1-11H3/p+1. The van der Waals surface area contributed by atoms with Crippen molar-refractivity contribution in [2.24, 2.45) is 0 Å². The van der Waals surface area contributed by atoms with Crippen LogP contribution in [-0.2, 0) is 16.2 Å². The van der Waals surface area contributed by atoms with Crippen LogP contribution in [0.3, 0.4) is 0 Å². The van der Waals surface area contributed by atoms with Crippen molar-refractivity contribution in [1.82, 2.24) is 8.80 Å². The first kappa shape index (κ1) is 44.1. The van der Waals surface area contributed by atoms with Gasteiger partial charge in [0.15, 0.2) is 11.3 Å². The van der Waals surface area contributed by atoms with Crippen LogP contribution in [0.2, 0.25) is 0 Å². The summed E-state index contributed by atoms with van der Waals surface area (Å²) in [5, 5.41) is 12.7. The summed E-state index contributed by atoms with van der Waals surface area (Å²) in [5.41, 5.74) is 20.4. The molecule has 0 aliphatic carbocycles. The number of fused-ring (bicyclic) bond motifs is 15. The molecule has 0 bridgehead atoms. The lowest BCUT2D eigenvalue weighted by Crippen LogP contribution is -2.96. The van der Waals surface area contributed by atoms with E-state index in [0.717, 1.165) is 55.0 Å². The molecule has 0 saturated carbocycles. The maximum absolute atomic E-state index is 7.17.